The summed E-state index contributed by atoms with van der Waals surface area (Å²) in [6.45, 7) is 0.476. The summed E-state index contributed by atoms with van der Waals surface area (Å²) in [7, 11) is 3.48. The minimum absolute atomic E-state index is 0.0257. The molecule has 0 bridgehead atoms. The summed E-state index contributed by atoms with van der Waals surface area (Å²) < 4.78 is 0. The van der Waals surface area contributed by atoms with Gasteiger partial charge in [0.25, 0.3) is 5.91 Å². The largest absolute Gasteiger partial charge is 0.355 e. The SMILES string of the molecule is CNC(=O)c1ccc(CNC(=O)N(C)C2CCCCC2)cc1. The van der Waals surface area contributed by atoms with Gasteiger partial charge in [0, 0.05) is 32.2 Å². The molecule has 1 aliphatic rings. The Morgan fingerprint density at radius 2 is 1.77 bits per heavy atom. The number of urea groups is 1. The van der Waals surface area contributed by atoms with Crippen LogP contribution >= 0.6 is 0 Å². The molecule has 0 saturated heterocycles. The van der Waals surface area contributed by atoms with Gasteiger partial charge in [0.1, 0.15) is 0 Å². The first-order valence-electron chi connectivity index (χ1n) is 7.93. The zero-order valence-corrected chi connectivity index (χ0v) is 13.4. The Labute approximate surface area is 132 Å². The van der Waals surface area contributed by atoms with Gasteiger partial charge in [0.15, 0.2) is 0 Å². The average molecular weight is 303 g/mol. The van der Waals surface area contributed by atoms with Gasteiger partial charge in [-0.2, -0.15) is 0 Å². The third-order valence-electron chi connectivity index (χ3n) is 4.33. The summed E-state index contributed by atoms with van der Waals surface area (Å²) >= 11 is 0. The highest BCUT2D eigenvalue weighted by Gasteiger charge is 2.21. The molecule has 1 saturated carbocycles. The summed E-state index contributed by atoms with van der Waals surface area (Å²) in [4.78, 5) is 25.5. The number of carbonyl (C=O) groups is 2. The van der Waals surface area contributed by atoms with Crippen LogP contribution in [0.2, 0.25) is 0 Å². The van der Waals surface area contributed by atoms with Crippen LogP contribution in [-0.2, 0) is 6.54 Å². The van der Waals surface area contributed by atoms with Gasteiger partial charge in [-0.1, -0.05) is 31.4 Å². The molecule has 1 aliphatic carbocycles. The predicted octanol–water partition coefficient (Wildman–Crippen LogP) is 2.52. The lowest BCUT2D eigenvalue weighted by Gasteiger charge is -2.31. The molecule has 0 unspecified atom stereocenters. The first-order chi connectivity index (χ1) is 10.6. The van der Waals surface area contributed by atoms with Gasteiger partial charge in [0.2, 0.25) is 0 Å². The highest BCUT2D eigenvalue weighted by Crippen LogP contribution is 2.21. The Hall–Kier alpha value is -2.04. The van der Waals surface area contributed by atoms with Crippen molar-refractivity contribution in [3.8, 4) is 0 Å². The Balaban J connectivity index is 1.83. The summed E-state index contributed by atoms with van der Waals surface area (Å²) in [5, 5.41) is 5.53. The number of amides is 3. The first-order valence-corrected chi connectivity index (χ1v) is 7.93. The molecule has 0 radical (unpaired) electrons. The van der Waals surface area contributed by atoms with E-state index in [1.807, 2.05) is 24.1 Å². The van der Waals surface area contributed by atoms with Gasteiger partial charge < -0.3 is 15.5 Å². The van der Waals surface area contributed by atoms with E-state index in [1.165, 1.54) is 19.3 Å². The van der Waals surface area contributed by atoms with Crippen molar-refractivity contribution in [1.82, 2.24) is 15.5 Å². The third kappa shape index (κ3) is 4.23. The summed E-state index contributed by atoms with van der Waals surface area (Å²) in [5.74, 6) is -0.104. The molecule has 1 fully saturated rings. The number of nitrogens with zero attached hydrogens (tertiary/aromatic N) is 1. The number of benzene rings is 1. The van der Waals surface area contributed by atoms with Crippen molar-refractivity contribution in [2.45, 2.75) is 44.7 Å². The van der Waals surface area contributed by atoms with Gasteiger partial charge in [-0.15, -0.1) is 0 Å². The van der Waals surface area contributed by atoms with Crippen LogP contribution in [0.4, 0.5) is 4.79 Å². The zero-order valence-electron chi connectivity index (χ0n) is 13.4. The number of hydrogen-bond acceptors (Lipinski definition) is 2. The standard InChI is InChI=1S/C17H25N3O2/c1-18-16(21)14-10-8-13(9-11-14)12-19-17(22)20(2)15-6-4-3-5-7-15/h8-11,15H,3-7,12H2,1-2H3,(H,18,21)(H,19,22). The Bertz CT molecular complexity index is 507. The topological polar surface area (TPSA) is 61.4 Å². The Morgan fingerprint density at radius 1 is 1.14 bits per heavy atom. The Kier molecular flexibility index (Phi) is 5.81. The summed E-state index contributed by atoms with van der Waals surface area (Å²) in [6.07, 6.45) is 5.91. The van der Waals surface area contributed by atoms with E-state index in [4.69, 9.17) is 0 Å². The number of carbonyl (C=O) groups excluding carboxylic acids is 2. The monoisotopic (exact) mass is 303 g/mol. The van der Waals surface area contributed by atoms with Crippen LogP contribution in [0, 0.1) is 0 Å². The molecule has 5 nitrogen and oxygen atoms in total. The van der Waals surface area contributed by atoms with E-state index in [0.29, 0.717) is 18.2 Å². The molecule has 0 spiro atoms. The molecular weight excluding hydrogens is 278 g/mol. The molecule has 0 atom stereocenters. The second-order valence-electron chi connectivity index (χ2n) is 5.84. The van der Waals surface area contributed by atoms with Crippen molar-refractivity contribution in [2.75, 3.05) is 14.1 Å². The lowest BCUT2D eigenvalue weighted by molar-refractivity contribution is 0.0963. The van der Waals surface area contributed by atoms with Crippen LogP contribution in [0.1, 0.15) is 48.0 Å². The van der Waals surface area contributed by atoms with Gasteiger partial charge in [-0.05, 0) is 30.5 Å². The molecular formula is C17H25N3O2. The van der Waals surface area contributed by atoms with Crippen LogP contribution in [0.3, 0.4) is 0 Å². The molecule has 0 heterocycles. The molecule has 3 amide bonds. The fourth-order valence-corrected chi connectivity index (χ4v) is 2.85. The fraction of sp³-hybridized carbons (Fsp3) is 0.529. The molecule has 1 aromatic carbocycles. The molecule has 2 rings (SSSR count). The fourth-order valence-electron chi connectivity index (χ4n) is 2.85. The van der Waals surface area contributed by atoms with E-state index < -0.39 is 0 Å². The maximum Gasteiger partial charge on any atom is 0.317 e. The minimum Gasteiger partial charge on any atom is -0.355 e. The van der Waals surface area contributed by atoms with Crippen molar-refractivity contribution in [2.24, 2.45) is 0 Å². The second-order valence-corrected chi connectivity index (χ2v) is 5.84. The molecule has 0 aliphatic heterocycles. The van der Waals surface area contributed by atoms with Crippen LogP contribution in [0.5, 0.6) is 0 Å². The maximum atomic E-state index is 12.2. The van der Waals surface area contributed by atoms with Gasteiger partial charge in [-0.25, -0.2) is 4.79 Å². The second kappa shape index (κ2) is 7.82. The normalized spacial score (nSPS) is 15.2. The maximum absolute atomic E-state index is 12.2. The van der Waals surface area contributed by atoms with E-state index in [2.05, 4.69) is 10.6 Å². The molecule has 5 heteroatoms. The van der Waals surface area contributed by atoms with E-state index >= 15 is 0 Å². The predicted molar refractivity (Wildman–Crippen MR) is 86.7 cm³/mol. The van der Waals surface area contributed by atoms with Crippen molar-refractivity contribution in [3.05, 3.63) is 35.4 Å². The van der Waals surface area contributed by atoms with Crippen LogP contribution in [0.25, 0.3) is 0 Å². The number of nitrogens with one attached hydrogen (secondary N) is 2. The molecule has 22 heavy (non-hydrogen) atoms. The highest BCUT2D eigenvalue weighted by atomic mass is 16.2. The van der Waals surface area contributed by atoms with Crippen molar-refractivity contribution >= 4 is 11.9 Å². The van der Waals surface area contributed by atoms with Gasteiger partial charge in [0.05, 0.1) is 0 Å². The zero-order chi connectivity index (χ0) is 15.9. The number of rotatable bonds is 4. The lowest BCUT2D eigenvalue weighted by Crippen LogP contribution is -2.44. The van der Waals surface area contributed by atoms with Crippen molar-refractivity contribution < 1.29 is 9.59 Å². The summed E-state index contributed by atoms with van der Waals surface area (Å²) in [6, 6.07) is 7.61. The van der Waals surface area contributed by atoms with Gasteiger partial charge in [-0.3, -0.25) is 4.79 Å². The van der Waals surface area contributed by atoms with E-state index in [0.717, 1.165) is 18.4 Å². The lowest BCUT2D eigenvalue weighted by atomic mass is 9.95. The third-order valence-corrected chi connectivity index (χ3v) is 4.33. The van der Waals surface area contributed by atoms with Crippen LogP contribution in [0.15, 0.2) is 24.3 Å². The highest BCUT2D eigenvalue weighted by molar-refractivity contribution is 5.93. The molecule has 1 aromatic rings. The van der Waals surface area contributed by atoms with Gasteiger partial charge >= 0.3 is 6.03 Å². The molecule has 0 aromatic heterocycles. The smallest absolute Gasteiger partial charge is 0.317 e. The first kappa shape index (κ1) is 16.3. The molecule has 120 valence electrons. The quantitative estimate of drug-likeness (QED) is 0.898. The average Bonchev–Trinajstić information content (AvgIpc) is 2.59. The Morgan fingerprint density at radius 3 is 2.36 bits per heavy atom. The van der Waals surface area contributed by atoms with Crippen LogP contribution < -0.4 is 10.6 Å². The van der Waals surface area contributed by atoms with Crippen molar-refractivity contribution in [3.63, 3.8) is 0 Å². The number of hydrogen-bond donors (Lipinski definition) is 2. The summed E-state index contributed by atoms with van der Waals surface area (Å²) in [5.41, 5.74) is 1.61. The van der Waals surface area contributed by atoms with Crippen LogP contribution in [-0.4, -0.2) is 37.0 Å². The molecule has 2 N–H and O–H groups in total. The van der Waals surface area contributed by atoms with E-state index in [9.17, 15) is 9.59 Å². The minimum atomic E-state index is -0.104. The van der Waals surface area contributed by atoms with E-state index in [-0.39, 0.29) is 11.9 Å². The van der Waals surface area contributed by atoms with Crippen molar-refractivity contribution in [1.29, 1.82) is 0 Å². The van der Waals surface area contributed by atoms with E-state index in [1.54, 1.807) is 19.2 Å².